The summed E-state index contributed by atoms with van der Waals surface area (Å²) in [5.74, 6) is 0. The highest BCUT2D eigenvalue weighted by Gasteiger charge is 2.34. The van der Waals surface area contributed by atoms with Crippen LogP contribution in [0.5, 0.6) is 0 Å². The molecule has 19 heavy (non-hydrogen) atoms. The number of aromatic amines is 1. The molecular weight excluding hydrogens is 279 g/mol. The predicted molar refractivity (Wildman–Crippen MR) is 66.3 cm³/mol. The molecular formula is C9H16N2O7P+. The molecule has 0 spiro atoms. The average Bonchev–Trinajstić information content (AvgIpc) is 2.30. The lowest BCUT2D eigenvalue weighted by molar-refractivity contribution is 0.0301. The van der Waals surface area contributed by atoms with Crippen LogP contribution in [0.4, 0.5) is 0 Å². The zero-order chi connectivity index (χ0) is 14.5. The third-order valence-corrected chi connectivity index (χ3v) is 2.85. The molecule has 0 aliphatic carbocycles. The zero-order valence-corrected chi connectivity index (χ0v) is 11.1. The second-order valence-electron chi connectivity index (χ2n) is 3.76. The Morgan fingerprint density at radius 2 is 2.11 bits per heavy atom. The molecule has 0 radical (unpaired) electrons. The van der Waals surface area contributed by atoms with Crippen LogP contribution in [0.1, 0.15) is 6.42 Å². The van der Waals surface area contributed by atoms with E-state index in [9.17, 15) is 9.59 Å². The van der Waals surface area contributed by atoms with Gasteiger partial charge in [0.05, 0.1) is 6.10 Å². The van der Waals surface area contributed by atoms with Crippen molar-refractivity contribution in [3.05, 3.63) is 33.1 Å². The second-order valence-corrected chi connectivity index (χ2v) is 5.04. The van der Waals surface area contributed by atoms with E-state index < -0.39 is 25.5 Å². The number of aromatic nitrogens is 2. The molecule has 108 valence electrons. The van der Waals surface area contributed by atoms with E-state index in [1.54, 1.807) is 0 Å². The molecule has 0 saturated carbocycles. The van der Waals surface area contributed by atoms with Crippen LogP contribution in [-0.4, -0.2) is 44.1 Å². The smallest absolute Gasteiger partial charge is 0.379 e. The maximum Gasteiger partial charge on any atom is 0.567 e. The van der Waals surface area contributed by atoms with Crippen molar-refractivity contribution in [2.75, 3.05) is 13.7 Å². The maximum atomic E-state index is 11.4. The van der Waals surface area contributed by atoms with Crippen LogP contribution in [0, 0.1) is 0 Å². The Morgan fingerprint density at radius 3 is 2.63 bits per heavy atom. The Morgan fingerprint density at radius 1 is 1.42 bits per heavy atom. The molecule has 4 N–H and O–H groups in total. The number of nitrogens with one attached hydrogen (secondary N) is 1. The Kier molecular flexibility index (Phi) is 5.80. The molecule has 0 aliphatic rings. The maximum absolute atomic E-state index is 11.4. The third-order valence-electron chi connectivity index (χ3n) is 2.36. The van der Waals surface area contributed by atoms with E-state index in [2.05, 4.69) is 9.51 Å². The Bertz CT molecular complexity index is 506. The summed E-state index contributed by atoms with van der Waals surface area (Å²) in [5, 5.41) is 0. The number of nitrogens with zero attached hydrogens (tertiary/aromatic N) is 1. The summed E-state index contributed by atoms with van der Waals surface area (Å²) in [6.07, 6.45) is 1.13. The fourth-order valence-corrected chi connectivity index (χ4v) is 1.72. The van der Waals surface area contributed by atoms with Crippen LogP contribution < -0.4 is 11.2 Å². The van der Waals surface area contributed by atoms with Crippen molar-refractivity contribution >= 4 is 8.17 Å². The normalized spacial score (nSPS) is 13.5. The van der Waals surface area contributed by atoms with Crippen LogP contribution in [0.2, 0.25) is 0 Å². The lowest BCUT2D eigenvalue weighted by Gasteiger charge is -2.14. The highest BCUT2D eigenvalue weighted by atomic mass is 31.2. The number of ether oxygens (including phenoxy) is 1. The first kappa shape index (κ1) is 16.0. The molecule has 0 fully saturated rings. The van der Waals surface area contributed by atoms with E-state index in [1.165, 1.54) is 23.9 Å². The quantitative estimate of drug-likeness (QED) is 0.455. The Balaban J connectivity index is 2.53. The first-order chi connectivity index (χ1) is 8.81. The van der Waals surface area contributed by atoms with Gasteiger partial charge in [-0.05, 0) is 6.42 Å². The van der Waals surface area contributed by atoms with Gasteiger partial charge in [0.25, 0.3) is 5.56 Å². The number of aryl methyl sites for hydroxylation is 1. The first-order valence-electron chi connectivity index (χ1n) is 5.36. The molecule has 0 bridgehead atoms. The SMILES string of the molecule is COC(CCn1ccc(=O)[nH]c1=O)CO[P+](O)(O)O. The highest BCUT2D eigenvalue weighted by molar-refractivity contribution is 7.53. The molecule has 0 amide bonds. The summed E-state index contributed by atoms with van der Waals surface area (Å²) in [7, 11) is -2.91. The van der Waals surface area contributed by atoms with Gasteiger partial charge in [-0.25, -0.2) is 4.79 Å². The van der Waals surface area contributed by atoms with E-state index in [1.807, 2.05) is 0 Å². The van der Waals surface area contributed by atoms with Crippen molar-refractivity contribution in [1.82, 2.24) is 9.55 Å². The molecule has 1 rings (SSSR count). The van der Waals surface area contributed by atoms with E-state index in [4.69, 9.17) is 19.4 Å². The van der Waals surface area contributed by atoms with Crippen LogP contribution in [0.25, 0.3) is 0 Å². The van der Waals surface area contributed by atoms with Gasteiger partial charge in [-0.3, -0.25) is 9.78 Å². The summed E-state index contributed by atoms with van der Waals surface area (Å²) < 4.78 is 10.7. The topological polar surface area (TPSA) is 134 Å². The van der Waals surface area contributed by atoms with Gasteiger partial charge in [0.15, 0.2) is 0 Å². The van der Waals surface area contributed by atoms with Gasteiger partial charge in [0, 0.05) is 25.9 Å². The number of rotatable bonds is 7. The van der Waals surface area contributed by atoms with Gasteiger partial charge < -0.3 is 9.30 Å². The van der Waals surface area contributed by atoms with Gasteiger partial charge in [0.2, 0.25) is 0 Å². The molecule has 0 aromatic carbocycles. The molecule has 1 heterocycles. The van der Waals surface area contributed by atoms with Gasteiger partial charge >= 0.3 is 13.9 Å². The molecule has 1 atom stereocenters. The minimum atomic E-state index is -4.29. The van der Waals surface area contributed by atoms with Crippen molar-refractivity contribution in [2.24, 2.45) is 0 Å². The number of hydrogen-bond donors (Lipinski definition) is 4. The van der Waals surface area contributed by atoms with E-state index in [-0.39, 0.29) is 13.2 Å². The lowest BCUT2D eigenvalue weighted by Crippen LogP contribution is -2.30. The molecule has 1 aromatic rings. The summed E-state index contributed by atoms with van der Waals surface area (Å²) >= 11 is 0. The van der Waals surface area contributed by atoms with Crippen LogP contribution in [0.15, 0.2) is 21.9 Å². The third kappa shape index (κ3) is 6.06. The summed E-state index contributed by atoms with van der Waals surface area (Å²) in [4.78, 5) is 50.4. The van der Waals surface area contributed by atoms with Crippen molar-refractivity contribution in [2.45, 2.75) is 19.1 Å². The first-order valence-corrected chi connectivity index (χ1v) is 6.93. The summed E-state index contributed by atoms with van der Waals surface area (Å²) in [6, 6.07) is 1.21. The van der Waals surface area contributed by atoms with Crippen LogP contribution in [-0.2, 0) is 15.8 Å². The van der Waals surface area contributed by atoms with E-state index in [0.717, 1.165) is 0 Å². The van der Waals surface area contributed by atoms with Gasteiger partial charge in [-0.2, -0.15) is 19.2 Å². The number of methoxy groups -OCH3 is 1. The summed E-state index contributed by atoms with van der Waals surface area (Å²) in [6.45, 7) is 0.0110. The number of hydrogen-bond acceptors (Lipinski definition) is 7. The standard InChI is InChI=1S/C9H15N2O7P/c1-17-7(6-18-19(14,15)16)2-4-11-5-3-8(12)10-9(11)13/h3,5,7,14-16H,2,4,6H2,1H3/p+1. The molecule has 10 heteroatoms. The Hall–Kier alpha value is -1.09. The fraction of sp³-hybridized carbons (Fsp3) is 0.556. The number of H-pyrrole nitrogens is 1. The largest absolute Gasteiger partial charge is 0.567 e. The van der Waals surface area contributed by atoms with E-state index >= 15 is 0 Å². The van der Waals surface area contributed by atoms with Crippen molar-refractivity contribution in [3.8, 4) is 0 Å². The van der Waals surface area contributed by atoms with Crippen molar-refractivity contribution < 1.29 is 23.9 Å². The molecule has 9 nitrogen and oxygen atoms in total. The van der Waals surface area contributed by atoms with Gasteiger partial charge in [0.1, 0.15) is 6.61 Å². The second kappa shape index (κ2) is 6.90. The molecule has 1 unspecified atom stereocenters. The van der Waals surface area contributed by atoms with Crippen LogP contribution >= 0.6 is 8.17 Å². The van der Waals surface area contributed by atoms with Crippen LogP contribution in [0.3, 0.4) is 0 Å². The van der Waals surface area contributed by atoms with Crippen molar-refractivity contribution in [3.63, 3.8) is 0 Å². The Labute approximate surface area is 108 Å². The minimum absolute atomic E-state index is 0.230. The average molecular weight is 295 g/mol. The van der Waals surface area contributed by atoms with Crippen molar-refractivity contribution in [1.29, 1.82) is 0 Å². The molecule has 1 aromatic heterocycles. The lowest BCUT2D eigenvalue weighted by atomic mass is 10.2. The van der Waals surface area contributed by atoms with E-state index in [0.29, 0.717) is 6.42 Å². The fourth-order valence-electron chi connectivity index (χ4n) is 1.36. The van der Waals surface area contributed by atoms with Gasteiger partial charge in [-0.1, -0.05) is 0 Å². The monoisotopic (exact) mass is 295 g/mol. The molecule has 0 aliphatic heterocycles. The summed E-state index contributed by atoms with van der Waals surface area (Å²) in [5.41, 5.74) is -1.03. The minimum Gasteiger partial charge on any atom is -0.379 e. The predicted octanol–water partition coefficient (Wildman–Crippen LogP) is -1.39. The highest BCUT2D eigenvalue weighted by Crippen LogP contribution is 2.45. The zero-order valence-electron chi connectivity index (χ0n) is 10.2. The molecule has 0 saturated heterocycles. The van der Waals surface area contributed by atoms with Gasteiger partial charge in [-0.15, -0.1) is 0 Å².